The van der Waals surface area contributed by atoms with Gasteiger partial charge in [0.1, 0.15) is 0 Å². The van der Waals surface area contributed by atoms with Gasteiger partial charge in [0.05, 0.1) is 11.6 Å². The number of benzene rings is 1. The summed E-state index contributed by atoms with van der Waals surface area (Å²) in [6.45, 7) is 2.05. The molecular formula is C14H19ClN2O. The molecule has 3 N–H and O–H groups in total. The van der Waals surface area contributed by atoms with Gasteiger partial charge in [-0.25, -0.2) is 0 Å². The van der Waals surface area contributed by atoms with E-state index in [9.17, 15) is 4.79 Å². The molecule has 3 nitrogen and oxygen atoms in total. The molecule has 1 fully saturated rings. The zero-order chi connectivity index (χ0) is 13.2. The van der Waals surface area contributed by atoms with Crippen LogP contribution in [0, 0.1) is 0 Å². The van der Waals surface area contributed by atoms with Crippen LogP contribution in [0.25, 0.3) is 0 Å². The minimum atomic E-state index is -0.639. The van der Waals surface area contributed by atoms with Gasteiger partial charge in [-0.1, -0.05) is 30.7 Å². The molecule has 1 aromatic rings. The number of carbonyl (C=O) groups excluding carboxylic acids is 1. The number of hydrogen-bond acceptors (Lipinski definition) is 2. The number of rotatable bonds is 4. The van der Waals surface area contributed by atoms with E-state index in [-0.39, 0.29) is 11.9 Å². The largest absolute Gasteiger partial charge is 0.348 e. The van der Waals surface area contributed by atoms with Crippen molar-refractivity contribution in [2.75, 3.05) is 0 Å². The molecule has 0 aromatic heterocycles. The molecule has 1 aliphatic rings. The van der Waals surface area contributed by atoms with E-state index in [1.54, 1.807) is 0 Å². The van der Waals surface area contributed by atoms with Crippen LogP contribution >= 0.6 is 11.6 Å². The Hall–Kier alpha value is -1.06. The first kappa shape index (κ1) is 13.4. The molecule has 1 aromatic carbocycles. The Morgan fingerprint density at radius 3 is 2.50 bits per heavy atom. The number of nitrogens with one attached hydrogen (secondary N) is 1. The number of halogens is 1. The van der Waals surface area contributed by atoms with Crippen molar-refractivity contribution in [3.63, 3.8) is 0 Å². The molecule has 1 atom stereocenters. The molecule has 98 valence electrons. The van der Waals surface area contributed by atoms with Crippen molar-refractivity contribution in [1.29, 1.82) is 0 Å². The van der Waals surface area contributed by atoms with E-state index in [4.69, 9.17) is 17.3 Å². The highest BCUT2D eigenvalue weighted by molar-refractivity contribution is 6.30. The second-order valence-corrected chi connectivity index (χ2v) is 5.43. The lowest BCUT2D eigenvalue weighted by atomic mass is 9.77. The number of carbonyl (C=O) groups is 1. The predicted octanol–water partition coefficient (Wildman–Crippen LogP) is 2.79. The fraction of sp³-hybridized carbons (Fsp3) is 0.500. The minimum Gasteiger partial charge on any atom is -0.348 e. The smallest absolute Gasteiger partial charge is 0.240 e. The van der Waals surface area contributed by atoms with Crippen molar-refractivity contribution in [3.8, 4) is 0 Å². The van der Waals surface area contributed by atoms with Crippen LogP contribution in [0.3, 0.4) is 0 Å². The molecule has 1 amide bonds. The molecule has 0 spiro atoms. The molecule has 1 saturated carbocycles. The van der Waals surface area contributed by atoms with Crippen molar-refractivity contribution in [1.82, 2.24) is 5.32 Å². The maximum atomic E-state index is 12.1. The predicted molar refractivity (Wildman–Crippen MR) is 73.4 cm³/mol. The van der Waals surface area contributed by atoms with Crippen molar-refractivity contribution in [2.45, 2.75) is 44.2 Å². The van der Waals surface area contributed by atoms with E-state index < -0.39 is 5.54 Å². The van der Waals surface area contributed by atoms with Crippen LogP contribution in [0.4, 0.5) is 0 Å². The summed E-state index contributed by atoms with van der Waals surface area (Å²) < 4.78 is 0. The van der Waals surface area contributed by atoms with Crippen molar-refractivity contribution in [2.24, 2.45) is 5.73 Å². The quantitative estimate of drug-likeness (QED) is 0.880. The molecule has 0 bridgehead atoms. The van der Waals surface area contributed by atoms with Gasteiger partial charge in [-0.15, -0.1) is 0 Å². The molecule has 0 radical (unpaired) electrons. The second kappa shape index (κ2) is 5.29. The summed E-state index contributed by atoms with van der Waals surface area (Å²) in [5.41, 5.74) is 6.45. The van der Waals surface area contributed by atoms with Gasteiger partial charge >= 0.3 is 0 Å². The van der Waals surface area contributed by atoms with E-state index in [2.05, 4.69) is 5.32 Å². The third kappa shape index (κ3) is 2.68. The van der Waals surface area contributed by atoms with Crippen molar-refractivity contribution >= 4 is 17.5 Å². The molecule has 1 aliphatic carbocycles. The Morgan fingerprint density at radius 2 is 2.06 bits per heavy atom. The summed E-state index contributed by atoms with van der Waals surface area (Å²) >= 11 is 5.86. The van der Waals surface area contributed by atoms with Crippen LogP contribution in [-0.2, 0) is 4.79 Å². The SMILES string of the molecule is CCC(NC(=O)C1(N)CCC1)c1ccc(Cl)cc1. The molecule has 0 saturated heterocycles. The first-order chi connectivity index (χ1) is 8.55. The van der Waals surface area contributed by atoms with Gasteiger partial charge in [0.2, 0.25) is 5.91 Å². The van der Waals surface area contributed by atoms with Gasteiger partial charge in [0.25, 0.3) is 0 Å². The lowest BCUT2D eigenvalue weighted by molar-refractivity contribution is -0.130. The highest BCUT2D eigenvalue weighted by atomic mass is 35.5. The average Bonchev–Trinajstić information content (AvgIpc) is 2.34. The highest BCUT2D eigenvalue weighted by Gasteiger charge is 2.40. The summed E-state index contributed by atoms with van der Waals surface area (Å²) in [4.78, 5) is 12.1. The summed E-state index contributed by atoms with van der Waals surface area (Å²) in [5.74, 6) is -0.0319. The van der Waals surface area contributed by atoms with Crippen molar-refractivity contribution in [3.05, 3.63) is 34.9 Å². The number of hydrogen-bond donors (Lipinski definition) is 2. The van der Waals surface area contributed by atoms with E-state index >= 15 is 0 Å². The second-order valence-electron chi connectivity index (χ2n) is 5.00. The van der Waals surface area contributed by atoms with Gasteiger partial charge in [-0.2, -0.15) is 0 Å². The van der Waals surface area contributed by atoms with E-state index in [1.807, 2.05) is 31.2 Å². The summed E-state index contributed by atoms with van der Waals surface area (Å²) in [6.07, 6.45) is 3.46. The maximum absolute atomic E-state index is 12.1. The molecule has 0 heterocycles. The fourth-order valence-corrected chi connectivity index (χ4v) is 2.33. The van der Waals surface area contributed by atoms with E-state index in [1.165, 1.54) is 0 Å². The van der Waals surface area contributed by atoms with Crippen LogP contribution in [0.5, 0.6) is 0 Å². The van der Waals surface area contributed by atoms with Crippen LogP contribution < -0.4 is 11.1 Å². The van der Waals surface area contributed by atoms with Gasteiger partial charge in [-0.05, 0) is 43.4 Å². The van der Waals surface area contributed by atoms with Gasteiger partial charge < -0.3 is 11.1 Å². The molecule has 2 rings (SSSR count). The normalized spacial score (nSPS) is 18.8. The number of amides is 1. The lowest BCUT2D eigenvalue weighted by Crippen LogP contribution is -2.58. The molecule has 4 heteroatoms. The number of nitrogens with two attached hydrogens (primary N) is 1. The van der Waals surface area contributed by atoms with E-state index in [0.717, 1.165) is 31.2 Å². The Kier molecular flexibility index (Phi) is 3.93. The Labute approximate surface area is 113 Å². The van der Waals surface area contributed by atoms with E-state index in [0.29, 0.717) is 5.02 Å². The molecule has 0 aliphatic heterocycles. The van der Waals surface area contributed by atoms with Crippen LogP contribution in [-0.4, -0.2) is 11.4 Å². The van der Waals surface area contributed by atoms with Gasteiger partial charge in [0, 0.05) is 5.02 Å². The first-order valence-corrected chi connectivity index (χ1v) is 6.78. The Morgan fingerprint density at radius 1 is 1.44 bits per heavy atom. The monoisotopic (exact) mass is 266 g/mol. The van der Waals surface area contributed by atoms with Crippen molar-refractivity contribution < 1.29 is 4.79 Å². The first-order valence-electron chi connectivity index (χ1n) is 6.40. The van der Waals surface area contributed by atoms with Gasteiger partial charge in [-0.3, -0.25) is 4.79 Å². The van der Waals surface area contributed by atoms with Gasteiger partial charge in [0.15, 0.2) is 0 Å². The molecule has 1 unspecified atom stereocenters. The highest BCUT2D eigenvalue weighted by Crippen LogP contribution is 2.30. The third-order valence-corrected chi connectivity index (χ3v) is 3.94. The Bertz CT molecular complexity index is 426. The van der Waals surface area contributed by atoms with Crippen LogP contribution in [0.15, 0.2) is 24.3 Å². The topological polar surface area (TPSA) is 55.1 Å². The standard InChI is InChI=1S/C14H19ClN2O/c1-2-12(10-4-6-11(15)7-5-10)17-13(18)14(16)8-3-9-14/h4-7,12H,2-3,8-9,16H2,1H3,(H,17,18). The zero-order valence-corrected chi connectivity index (χ0v) is 11.3. The van der Waals surface area contributed by atoms with Crippen LogP contribution in [0.1, 0.15) is 44.2 Å². The summed E-state index contributed by atoms with van der Waals surface area (Å²) in [5, 5.41) is 3.74. The summed E-state index contributed by atoms with van der Waals surface area (Å²) in [7, 11) is 0. The third-order valence-electron chi connectivity index (χ3n) is 3.68. The average molecular weight is 267 g/mol. The molecular weight excluding hydrogens is 248 g/mol. The zero-order valence-electron chi connectivity index (χ0n) is 10.6. The maximum Gasteiger partial charge on any atom is 0.240 e. The fourth-order valence-electron chi connectivity index (χ4n) is 2.20. The lowest BCUT2D eigenvalue weighted by Gasteiger charge is -2.37. The van der Waals surface area contributed by atoms with Crippen LogP contribution in [0.2, 0.25) is 5.02 Å². The minimum absolute atomic E-state index is 0.00999. The molecule has 18 heavy (non-hydrogen) atoms. The summed E-state index contributed by atoms with van der Waals surface area (Å²) in [6, 6.07) is 7.58. The Balaban J connectivity index is 2.05.